The minimum absolute atomic E-state index is 0.0980. The Labute approximate surface area is 231 Å². The van der Waals surface area contributed by atoms with Gasteiger partial charge in [-0.25, -0.2) is 9.59 Å². The van der Waals surface area contributed by atoms with E-state index in [0.717, 1.165) is 37.7 Å². The highest BCUT2D eigenvalue weighted by atomic mass is 19.4. The highest BCUT2D eigenvalue weighted by Crippen LogP contribution is 2.28. The number of likely N-dealkylation sites (tertiary alicyclic amines) is 1. The summed E-state index contributed by atoms with van der Waals surface area (Å²) in [4.78, 5) is 47.8. The molecule has 0 bridgehead atoms. The molecule has 0 aromatic heterocycles. The third-order valence-electron chi connectivity index (χ3n) is 7.03. The van der Waals surface area contributed by atoms with E-state index in [2.05, 4.69) is 5.32 Å². The Bertz CT molecular complexity index is 1010. The minimum atomic E-state index is -5.08. The predicted octanol–water partition coefficient (Wildman–Crippen LogP) is 3.32. The zero-order valence-corrected chi connectivity index (χ0v) is 22.7. The second kappa shape index (κ2) is 14.9. The summed E-state index contributed by atoms with van der Waals surface area (Å²) in [5.74, 6) is -3.50. The number of carbonyl (C=O) groups is 4. The van der Waals surface area contributed by atoms with Crippen molar-refractivity contribution >= 4 is 23.8 Å². The molecule has 2 fully saturated rings. The van der Waals surface area contributed by atoms with E-state index in [4.69, 9.17) is 20.4 Å². The molecule has 1 aliphatic heterocycles. The summed E-state index contributed by atoms with van der Waals surface area (Å²) < 4.78 is 37.3. The number of nitrogens with two attached hydrogens (primary N) is 1. The fraction of sp³-hybridized carbons (Fsp3) is 0.630. The van der Waals surface area contributed by atoms with Crippen molar-refractivity contribution in [2.75, 3.05) is 6.54 Å². The number of alkyl halides is 3. The van der Waals surface area contributed by atoms with Crippen molar-refractivity contribution in [2.45, 2.75) is 89.7 Å². The molecule has 224 valence electrons. The second-order valence-electron chi connectivity index (χ2n) is 10.4. The zero-order valence-electron chi connectivity index (χ0n) is 22.7. The van der Waals surface area contributed by atoms with Crippen LogP contribution in [0.25, 0.3) is 0 Å². The van der Waals surface area contributed by atoms with Gasteiger partial charge in [-0.2, -0.15) is 13.2 Å². The number of hydrogen-bond acceptors (Lipinski definition) is 6. The summed E-state index contributed by atoms with van der Waals surface area (Å²) in [6.07, 6.45) is 0.866. The van der Waals surface area contributed by atoms with Crippen molar-refractivity contribution in [2.24, 2.45) is 17.6 Å². The Morgan fingerprint density at radius 2 is 1.60 bits per heavy atom. The van der Waals surface area contributed by atoms with Gasteiger partial charge in [-0.3, -0.25) is 9.59 Å². The highest BCUT2D eigenvalue weighted by molar-refractivity contribution is 5.90. The molecule has 40 heavy (non-hydrogen) atoms. The Kier molecular flexibility index (Phi) is 12.2. The predicted molar refractivity (Wildman–Crippen MR) is 138 cm³/mol. The SMILES string of the molecule is CC(C)[C@@H](Oc1ccc(CNC(=O)[C@@H]2CCCN2C(=O)C(N)C2CCCCC2)cc1)C(=O)O.O=C(O)C(F)(F)F. The third kappa shape index (κ3) is 9.68. The molecule has 2 amide bonds. The maximum Gasteiger partial charge on any atom is 0.490 e. The van der Waals surface area contributed by atoms with Crippen molar-refractivity contribution in [3.05, 3.63) is 29.8 Å². The maximum absolute atomic E-state index is 13.0. The number of ether oxygens (including phenoxy) is 1. The second-order valence-corrected chi connectivity index (χ2v) is 10.4. The van der Waals surface area contributed by atoms with Gasteiger partial charge in [-0.05, 0) is 49.3 Å². The smallest absolute Gasteiger partial charge is 0.478 e. The fourth-order valence-corrected chi connectivity index (χ4v) is 4.80. The minimum Gasteiger partial charge on any atom is -0.478 e. The Hall–Kier alpha value is -3.35. The molecule has 2 aliphatic rings. The van der Waals surface area contributed by atoms with Gasteiger partial charge < -0.3 is 30.9 Å². The largest absolute Gasteiger partial charge is 0.490 e. The first kappa shape index (κ1) is 32.9. The van der Waals surface area contributed by atoms with E-state index in [9.17, 15) is 32.7 Å². The van der Waals surface area contributed by atoms with Gasteiger partial charge in [0.05, 0.1) is 6.04 Å². The van der Waals surface area contributed by atoms with Crippen molar-refractivity contribution in [1.29, 1.82) is 0 Å². The number of carbonyl (C=O) groups excluding carboxylic acids is 2. The van der Waals surface area contributed by atoms with Crippen molar-refractivity contribution in [3.8, 4) is 5.75 Å². The molecule has 1 saturated heterocycles. The third-order valence-corrected chi connectivity index (χ3v) is 7.03. The first-order valence-corrected chi connectivity index (χ1v) is 13.3. The molecule has 5 N–H and O–H groups in total. The topological polar surface area (TPSA) is 159 Å². The van der Waals surface area contributed by atoms with Gasteiger partial charge >= 0.3 is 18.1 Å². The molecule has 0 radical (unpaired) electrons. The number of halogens is 3. The summed E-state index contributed by atoms with van der Waals surface area (Å²) in [6, 6.07) is 6.00. The van der Waals surface area contributed by atoms with Crippen LogP contribution in [0.3, 0.4) is 0 Å². The number of aliphatic carboxylic acids is 2. The molecule has 13 heteroatoms. The number of carboxylic acid groups (broad SMARTS) is 2. The Balaban J connectivity index is 0.000000708. The van der Waals surface area contributed by atoms with Crippen LogP contribution in [0.2, 0.25) is 0 Å². The number of nitrogens with one attached hydrogen (secondary N) is 1. The first-order chi connectivity index (χ1) is 18.7. The van der Waals surface area contributed by atoms with Crippen LogP contribution >= 0.6 is 0 Å². The summed E-state index contributed by atoms with van der Waals surface area (Å²) >= 11 is 0. The number of hydrogen-bond donors (Lipinski definition) is 4. The molecule has 1 saturated carbocycles. The first-order valence-electron chi connectivity index (χ1n) is 13.3. The monoisotopic (exact) mass is 573 g/mol. The number of benzene rings is 1. The number of rotatable bonds is 9. The van der Waals surface area contributed by atoms with E-state index in [-0.39, 0.29) is 23.7 Å². The van der Waals surface area contributed by atoms with E-state index in [1.807, 2.05) is 0 Å². The van der Waals surface area contributed by atoms with E-state index in [1.54, 1.807) is 43.0 Å². The van der Waals surface area contributed by atoms with Crippen LogP contribution in [0.4, 0.5) is 13.2 Å². The molecule has 0 spiro atoms. The summed E-state index contributed by atoms with van der Waals surface area (Å²) in [7, 11) is 0. The lowest BCUT2D eigenvalue weighted by Crippen LogP contribution is -2.53. The lowest BCUT2D eigenvalue weighted by Gasteiger charge is -2.32. The van der Waals surface area contributed by atoms with Crippen LogP contribution in [-0.2, 0) is 25.7 Å². The average molecular weight is 574 g/mol. The van der Waals surface area contributed by atoms with E-state index in [0.29, 0.717) is 25.3 Å². The molecular formula is C27H38F3N3O7. The van der Waals surface area contributed by atoms with Crippen LogP contribution in [0.15, 0.2) is 24.3 Å². The molecule has 10 nitrogen and oxygen atoms in total. The van der Waals surface area contributed by atoms with Crippen LogP contribution in [0.1, 0.15) is 64.4 Å². The van der Waals surface area contributed by atoms with Crippen molar-refractivity contribution in [3.63, 3.8) is 0 Å². The molecule has 1 aromatic rings. The fourth-order valence-electron chi connectivity index (χ4n) is 4.80. The molecule has 3 atom stereocenters. The number of carboxylic acids is 2. The molecule has 1 unspecified atom stereocenters. The summed E-state index contributed by atoms with van der Waals surface area (Å²) in [5.41, 5.74) is 7.18. The molecule has 1 heterocycles. The Morgan fingerprint density at radius 1 is 1.02 bits per heavy atom. The van der Waals surface area contributed by atoms with Gasteiger partial charge in [0.2, 0.25) is 11.8 Å². The van der Waals surface area contributed by atoms with E-state index in [1.165, 1.54) is 6.42 Å². The highest BCUT2D eigenvalue weighted by Gasteiger charge is 2.39. The molecule has 1 aromatic carbocycles. The molecule has 1 aliphatic carbocycles. The maximum atomic E-state index is 13.0. The zero-order chi connectivity index (χ0) is 30.0. The standard InChI is InChI=1S/C25H37N3O5.C2HF3O2/c1-16(2)22(25(31)32)33-19-12-10-17(11-13-19)15-27-23(29)20-9-6-14-28(20)24(30)21(26)18-7-4-3-5-8-18;3-2(4,5)1(6)7/h10-13,16,18,20-22H,3-9,14-15,26H2,1-2H3,(H,27,29)(H,31,32);(H,6,7)/t20-,21?,22+;/m0./s1. The van der Waals surface area contributed by atoms with Crippen LogP contribution in [-0.4, -0.2) is 69.8 Å². The lowest BCUT2D eigenvalue weighted by molar-refractivity contribution is -0.192. The molecule has 3 rings (SSSR count). The quantitative estimate of drug-likeness (QED) is 0.350. The van der Waals surface area contributed by atoms with Crippen LogP contribution in [0.5, 0.6) is 5.75 Å². The van der Waals surface area contributed by atoms with Gasteiger partial charge in [0, 0.05) is 19.0 Å². The van der Waals surface area contributed by atoms with Crippen LogP contribution in [0, 0.1) is 11.8 Å². The van der Waals surface area contributed by atoms with Gasteiger partial charge in [0.1, 0.15) is 11.8 Å². The van der Waals surface area contributed by atoms with Gasteiger partial charge in [-0.15, -0.1) is 0 Å². The number of nitrogens with zero attached hydrogens (tertiary/aromatic N) is 1. The van der Waals surface area contributed by atoms with Gasteiger partial charge in [0.25, 0.3) is 0 Å². The van der Waals surface area contributed by atoms with Crippen molar-refractivity contribution < 1.29 is 47.3 Å². The lowest BCUT2D eigenvalue weighted by atomic mass is 9.83. The van der Waals surface area contributed by atoms with Gasteiger partial charge in [0.15, 0.2) is 6.10 Å². The van der Waals surface area contributed by atoms with Gasteiger partial charge in [-0.1, -0.05) is 45.2 Å². The van der Waals surface area contributed by atoms with E-state index < -0.39 is 36.3 Å². The number of amides is 2. The van der Waals surface area contributed by atoms with E-state index >= 15 is 0 Å². The van der Waals surface area contributed by atoms with Crippen LogP contribution < -0.4 is 15.8 Å². The normalized spacial score (nSPS) is 19.3. The molecular weight excluding hydrogens is 535 g/mol. The summed E-state index contributed by atoms with van der Waals surface area (Å²) in [5, 5.41) is 19.3. The van der Waals surface area contributed by atoms with Crippen molar-refractivity contribution in [1.82, 2.24) is 10.2 Å². The average Bonchev–Trinajstić information content (AvgIpc) is 3.40. The Morgan fingerprint density at radius 3 is 2.10 bits per heavy atom. The summed E-state index contributed by atoms with van der Waals surface area (Å²) in [6.45, 7) is 4.48.